The maximum absolute atomic E-state index is 12.7. The third kappa shape index (κ3) is 5.49. The topological polar surface area (TPSA) is 124 Å². The molecule has 0 aliphatic heterocycles. The van der Waals surface area contributed by atoms with Crippen molar-refractivity contribution in [2.45, 2.75) is 66.4 Å². The summed E-state index contributed by atoms with van der Waals surface area (Å²) in [5, 5.41) is 3.12. The largest absolute Gasteiger partial charge is 0.462 e. The second kappa shape index (κ2) is 10.9. The monoisotopic (exact) mass is 490 g/mol. The normalized spacial score (nSPS) is 12.8. The van der Waals surface area contributed by atoms with Gasteiger partial charge in [-0.25, -0.2) is 14.4 Å². The quantitative estimate of drug-likeness (QED) is 0.421. The number of esters is 3. The van der Waals surface area contributed by atoms with E-state index in [1.54, 1.807) is 34.6 Å². The predicted molar refractivity (Wildman–Crippen MR) is 127 cm³/mol. The average Bonchev–Trinajstić information content (AvgIpc) is 3.27. The number of aromatic nitrogens is 1. The number of H-pyrrole nitrogens is 1. The summed E-state index contributed by atoms with van der Waals surface area (Å²) in [6, 6.07) is 0. The number of thiophene rings is 1. The van der Waals surface area contributed by atoms with Crippen molar-refractivity contribution >= 4 is 40.2 Å². The molecule has 2 N–H and O–H groups in total. The van der Waals surface area contributed by atoms with E-state index >= 15 is 0 Å². The predicted octanol–water partition coefficient (Wildman–Crippen LogP) is 4.11. The number of hydrogen-bond donors (Lipinski definition) is 2. The highest BCUT2D eigenvalue weighted by Crippen LogP contribution is 2.38. The maximum Gasteiger partial charge on any atom is 0.355 e. The lowest BCUT2D eigenvalue weighted by Gasteiger charge is -2.14. The Morgan fingerprint density at radius 2 is 1.71 bits per heavy atom. The molecule has 0 saturated carbocycles. The van der Waals surface area contributed by atoms with Crippen LogP contribution < -0.4 is 5.32 Å². The molecule has 2 aromatic heterocycles. The van der Waals surface area contributed by atoms with Crippen molar-refractivity contribution in [2.24, 2.45) is 0 Å². The first-order valence-electron chi connectivity index (χ1n) is 11.3. The van der Waals surface area contributed by atoms with Gasteiger partial charge in [0.25, 0.3) is 5.91 Å². The highest BCUT2D eigenvalue weighted by atomic mass is 32.1. The number of aromatic amines is 1. The van der Waals surface area contributed by atoms with Crippen LogP contribution in [0.25, 0.3) is 0 Å². The van der Waals surface area contributed by atoms with Gasteiger partial charge in [0.05, 0.1) is 23.8 Å². The summed E-state index contributed by atoms with van der Waals surface area (Å²) in [5.41, 5.74) is 2.55. The van der Waals surface area contributed by atoms with Gasteiger partial charge in [0, 0.05) is 10.6 Å². The maximum atomic E-state index is 12.7. The van der Waals surface area contributed by atoms with E-state index in [-0.39, 0.29) is 24.0 Å². The van der Waals surface area contributed by atoms with Crippen LogP contribution in [0.1, 0.15) is 86.5 Å². The minimum atomic E-state index is -0.767. The number of carbonyl (C=O) groups is 4. The van der Waals surface area contributed by atoms with E-state index in [1.165, 1.54) is 11.3 Å². The molecule has 184 valence electrons. The van der Waals surface area contributed by atoms with Gasteiger partial charge in [0.1, 0.15) is 10.7 Å². The van der Waals surface area contributed by atoms with Crippen molar-refractivity contribution in [3.63, 3.8) is 0 Å². The molecule has 2 heterocycles. The first-order valence-corrected chi connectivity index (χ1v) is 12.1. The molecular formula is C24H30N2O7S. The molecule has 0 saturated heterocycles. The Kier molecular flexibility index (Phi) is 8.14. The Labute approximate surface area is 202 Å². The molecule has 1 aliphatic carbocycles. The molecule has 1 aliphatic rings. The van der Waals surface area contributed by atoms with Gasteiger partial charge >= 0.3 is 17.9 Å². The van der Waals surface area contributed by atoms with Crippen molar-refractivity contribution in [3.8, 4) is 0 Å². The van der Waals surface area contributed by atoms with Crippen LogP contribution in [-0.2, 0) is 31.8 Å². The Morgan fingerprint density at radius 1 is 1.00 bits per heavy atom. The third-order valence-electron chi connectivity index (χ3n) is 5.43. The number of carbonyl (C=O) groups excluding carboxylic acids is 4. The van der Waals surface area contributed by atoms with Gasteiger partial charge in [0.2, 0.25) is 0 Å². The van der Waals surface area contributed by atoms with Crippen molar-refractivity contribution < 1.29 is 33.4 Å². The minimum absolute atomic E-state index is 0.0844. The molecule has 0 aromatic carbocycles. The van der Waals surface area contributed by atoms with Crippen LogP contribution in [0.15, 0.2) is 0 Å². The molecular weight excluding hydrogens is 460 g/mol. The van der Waals surface area contributed by atoms with Gasteiger partial charge in [-0.1, -0.05) is 0 Å². The zero-order chi connectivity index (χ0) is 25.0. The first-order chi connectivity index (χ1) is 16.1. The molecule has 0 radical (unpaired) electrons. The van der Waals surface area contributed by atoms with Gasteiger partial charge in [0.15, 0.2) is 6.61 Å². The summed E-state index contributed by atoms with van der Waals surface area (Å²) in [4.78, 5) is 53.9. The molecule has 3 rings (SSSR count). The number of fused-ring (bicyclic) bond motifs is 1. The number of aryl methyl sites for hydroxylation is 2. The zero-order valence-corrected chi connectivity index (χ0v) is 20.9. The summed E-state index contributed by atoms with van der Waals surface area (Å²) in [5.74, 6) is -2.34. The molecule has 0 unspecified atom stereocenters. The number of ether oxygens (including phenoxy) is 3. The fraction of sp³-hybridized carbons (Fsp3) is 0.500. The van der Waals surface area contributed by atoms with Crippen LogP contribution in [-0.4, -0.2) is 48.1 Å². The second-order valence-corrected chi connectivity index (χ2v) is 9.44. The average molecular weight is 491 g/mol. The van der Waals surface area contributed by atoms with E-state index in [4.69, 9.17) is 14.2 Å². The summed E-state index contributed by atoms with van der Waals surface area (Å²) in [6.45, 7) is 8.15. The van der Waals surface area contributed by atoms with E-state index in [2.05, 4.69) is 10.3 Å². The Hall–Kier alpha value is -3.14. The standard InChI is InChI=1S/C24H30N2O7S/c1-6-31-22(28)18-13(4)20(25-14(18)5)24(30)32-11-17(27)26-21-19(23(29)33-12(2)3)15-9-7-8-10-16(15)34-21/h12,25H,6-11H2,1-5H3,(H,26,27). The fourth-order valence-corrected chi connectivity index (χ4v) is 5.27. The molecule has 1 amide bonds. The third-order valence-corrected chi connectivity index (χ3v) is 6.63. The molecule has 34 heavy (non-hydrogen) atoms. The Balaban J connectivity index is 1.71. The molecule has 9 nitrogen and oxygen atoms in total. The molecule has 2 aromatic rings. The Morgan fingerprint density at radius 3 is 2.38 bits per heavy atom. The molecule has 10 heteroatoms. The van der Waals surface area contributed by atoms with E-state index in [0.29, 0.717) is 21.8 Å². The van der Waals surface area contributed by atoms with E-state index < -0.39 is 30.4 Å². The highest BCUT2D eigenvalue weighted by Gasteiger charge is 2.28. The van der Waals surface area contributed by atoms with Crippen molar-refractivity contribution in [2.75, 3.05) is 18.5 Å². The van der Waals surface area contributed by atoms with Gasteiger partial charge in [-0.3, -0.25) is 4.79 Å². The van der Waals surface area contributed by atoms with E-state index in [1.807, 2.05) is 0 Å². The van der Waals surface area contributed by atoms with Crippen LogP contribution in [0, 0.1) is 13.8 Å². The molecule has 0 bridgehead atoms. The molecule has 0 spiro atoms. The summed E-state index contributed by atoms with van der Waals surface area (Å²) in [7, 11) is 0. The minimum Gasteiger partial charge on any atom is -0.462 e. The van der Waals surface area contributed by atoms with Gasteiger partial charge < -0.3 is 24.5 Å². The fourth-order valence-electron chi connectivity index (χ4n) is 3.97. The van der Waals surface area contributed by atoms with E-state index in [0.717, 1.165) is 36.1 Å². The van der Waals surface area contributed by atoms with Crippen LogP contribution in [0.5, 0.6) is 0 Å². The smallest absolute Gasteiger partial charge is 0.355 e. The highest BCUT2D eigenvalue weighted by molar-refractivity contribution is 7.17. The number of rotatable bonds is 8. The number of amides is 1. The van der Waals surface area contributed by atoms with Crippen LogP contribution in [0.3, 0.4) is 0 Å². The lowest BCUT2D eigenvalue weighted by molar-refractivity contribution is -0.119. The number of hydrogen-bond acceptors (Lipinski definition) is 8. The number of anilines is 1. The number of nitrogens with one attached hydrogen (secondary N) is 2. The zero-order valence-electron chi connectivity index (χ0n) is 20.1. The summed E-state index contributed by atoms with van der Waals surface area (Å²) in [6.07, 6.45) is 3.32. The molecule has 0 fully saturated rings. The van der Waals surface area contributed by atoms with Crippen molar-refractivity contribution in [1.29, 1.82) is 0 Å². The Bertz CT molecular complexity index is 1110. The van der Waals surface area contributed by atoms with E-state index in [9.17, 15) is 19.2 Å². The van der Waals surface area contributed by atoms with Gasteiger partial charge in [-0.2, -0.15) is 0 Å². The van der Waals surface area contributed by atoms with Gasteiger partial charge in [-0.15, -0.1) is 11.3 Å². The molecule has 0 atom stereocenters. The first kappa shape index (κ1) is 25.5. The lowest BCUT2D eigenvalue weighted by atomic mass is 9.95. The SMILES string of the molecule is CCOC(=O)c1c(C)[nH]c(C(=O)OCC(=O)Nc2sc3c(c2C(=O)OC(C)C)CCCC3)c1C. The van der Waals surface area contributed by atoms with Gasteiger partial charge in [-0.05, 0) is 71.4 Å². The van der Waals surface area contributed by atoms with Crippen LogP contribution in [0.2, 0.25) is 0 Å². The van der Waals surface area contributed by atoms with Crippen molar-refractivity contribution in [1.82, 2.24) is 4.98 Å². The summed E-state index contributed by atoms with van der Waals surface area (Å²) >= 11 is 1.36. The van der Waals surface area contributed by atoms with Crippen LogP contribution in [0.4, 0.5) is 5.00 Å². The second-order valence-electron chi connectivity index (χ2n) is 8.34. The van der Waals surface area contributed by atoms with Crippen LogP contribution >= 0.6 is 11.3 Å². The lowest BCUT2D eigenvalue weighted by Crippen LogP contribution is -2.23. The summed E-state index contributed by atoms with van der Waals surface area (Å²) < 4.78 is 15.6. The van der Waals surface area contributed by atoms with Crippen molar-refractivity contribution in [3.05, 3.63) is 38.5 Å².